The molecule has 28 heavy (non-hydrogen) atoms. The summed E-state index contributed by atoms with van der Waals surface area (Å²) in [6, 6.07) is 14.1. The molecule has 0 saturated carbocycles. The van der Waals surface area contributed by atoms with E-state index in [0.29, 0.717) is 34.2 Å². The number of ether oxygens (including phenoxy) is 3. The number of benzene rings is 2. The van der Waals surface area contributed by atoms with Crippen molar-refractivity contribution in [3.8, 4) is 39.8 Å². The molecule has 0 saturated heterocycles. The molecule has 4 rings (SSSR count). The minimum absolute atomic E-state index is 0.322. The molecule has 0 radical (unpaired) electrons. The summed E-state index contributed by atoms with van der Waals surface area (Å²) in [5, 5.41) is 0. The number of hydrogen-bond acceptors (Lipinski definition) is 4. The van der Waals surface area contributed by atoms with Crippen molar-refractivity contribution in [2.75, 3.05) is 21.3 Å². The zero-order chi connectivity index (χ0) is 19.7. The molecule has 0 aliphatic carbocycles. The minimum Gasteiger partial charge on any atom is -0.493 e. The van der Waals surface area contributed by atoms with Gasteiger partial charge in [0.2, 0.25) is 5.75 Å². The number of nitrogens with zero attached hydrogens (tertiary/aromatic N) is 2. The second kappa shape index (κ2) is 7.23. The minimum atomic E-state index is -0.322. The largest absolute Gasteiger partial charge is 0.493 e. The van der Waals surface area contributed by atoms with E-state index in [1.54, 1.807) is 39.5 Å². The van der Waals surface area contributed by atoms with Gasteiger partial charge in [0.15, 0.2) is 11.5 Å². The Kier molecular flexibility index (Phi) is 4.61. The van der Waals surface area contributed by atoms with Gasteiger partial charge in [0.25, 0.3) is 0 Å². The van der Waals surface area contributed by atoms with Crippen molar-refractivity contribution >= 4 is 5.52 Å². The molecule has 2 aromatic heterocycles. The molecule has 6 heteroatoms. The fraction of sp³-hybridized carbons (Fsp3) is 0.136. The smallest absolute Gasteiger partial charge is 0.203 e. The number of fused-ring (bicyclic) bond motifs is 1. The molecule has 0 spiro atoms. The predicted molar refractivity (Wildman–Crippen MR) is 106 cm³/mol. The van der Waals surface area contributed by atoms with Gasteiger partial charge in [0, 0.05) is 23.5 Å². The standard InChI is InChI=1S/C22H19FN2O3/c1-26-19-11-14(12-20(27-2)22(19)28-3)21-18-9-6-10-25(18)13-17(24-21)15-7-4-5-8-16(15)23/h4-13H,1-3H3. The van der Waals surface area contributed by atoms with Gasteiger partial charge in [0.1, 0.15) is 5.82 Å². The highest BCUT2D eigenvalue weighted by molar-refractivity contribution is 5.82. The maximum atomic E-state index is 14.4. The van der Waals surface area contributed by atoms with Gasteiger partial charge in [-0.25, -0.2) is 9.37 Å². The van der Waals surface area contributed by atoms with Crippen LogP contribution in [-0.4, -0.2) is 30.7 Å². The number of aromatic nitrogens is 2. The van der Waals surface area contributed by atoms with Crippen LogP contribution in [0.25, 0.3) is 28.0 Å². The van der Waals surface area contributed by atoms with Gasteiger partial charge >= 0.3 is 0 Å². The quantitative estimate of drug-likeness (QED) is 0.499. The van der Waals surface area contributed by atoms with E-state index in [4.69, 9.17) is 19.2 Å². The number of methoxy groups -OCH3 is 3. The van der Waals surface area contributed by atoms with Crippen molar-refractivity contribution < 1.29 is 18.6 Å². The summed E-state index contributed by atoms with van der Waals surface area (Å²) >= 11 is 0. The molecule has 0 bridgehead atoms. The molecule has 2 heterocycles. The van der Waals surface area contributed by atoms with Crippen molar-refractivity contribution in [3.05, 3.63) is 66.7 Å². The molecule has 0 N–H and O–H groups in total. The van der Waals surface area contributed by atoms with Crippen molar-refractivity contribution in [3.63, 3.8) is 0 Å². The van der Waals surface area contributed by atoms with Crippen molar-refractivity contribution in [1.82, 2.24) is 9.38 Å². The SMILES string of the molecule is COc1cc(-c2nc(-c3ccccc3F)cn3cccc23)cc(OC)c1OC. The first-order valence-electron chi connectivity index (χ1n) is 8.69. The molecule has 2 aromatic carbocycles. The summed E-state index contributed by atoms with van der Waals surface area (Å²) in [5.41, 5.74) is 3.31. The first kappa shape index (κ1) is 17.9. The number of halogens is 1. The summed E-state index contributed by atoms with van der Waals surface area (Å²) in [5.74, 6) is 1.24. The van der Waals surface area contributed by atoms with E-state index in [9.17, 15) is 4.39 Å². The average Bonchev–Trinajstić information content (AvgIpc) is 3.21. The molecule has 5 nitrogen and oxygen atoms in total. The van der Waals surface area contributed by atoms with E-state index in [0.717, 1.165) is 11.1 Å². The Bertz CT molecular complexity index is 1130. The van der Waals surface area contributed by atoms with Crippen LogP contribution in [0.3, 0.4) is 0 Å². The molecule has 0 unspecified atom stereocenters. The van der Waals surface area contributed by atoms with Crippen LogP contribution in [0.5, 0.6) is 17.2 Å². The van der Waals surface area contributed by atoms with Gasteiger partial charge in [-0.05, 0) is 36.4 Å². The van der Waals surface area contributed by atoms with Crippen molar-refractivity contribution in [2.45, 2.75) is 0 Å². The van der Waals surface area contributed by atoms with Crippen molar-refractivity contribution in [2.24, 2.45) is 0 Å². The summed E-state index contributed by atoms with van der Waals surface area (Å²) in [6.45, 7) is 0. The Morgan fingerprint density at radius 1 is 0.893 bits per heavy atom. The Morgan fingerprint density at radius 2 is 1.61 bits per heavy atom. The topological polar surface area (TPSA) is 45.0 Å². The second-order valence-corrected chi connectivity index (χ2v) is 6.17. The van der Waals surface area contributed by atoms with Crippen LogP contribution < -0.4 is 14.2 Å². The van der Waals surface area contributed by atoms with Crippen LogP contribution >= 0.6 is 0 Å². The third-order valence-electron chi connectivity index (χ3n) is 4.60. The lowest BCUT2D eigenvalue weighted by atomic mass is 10.1. The summed E-state index contributed by atoms with van der Waals surface area (Å²) in [7, 11) is 4.69. The van der Waals surface area contributed by atoms with Crippen molar-refractivity contribution in [1.29, 1.82) is 0 Å². The first-order valence-corrected chi connectivity index (χ1v) is 8.69. The molecule has 0 aliphatic rings. The Hall–Kier alpha value is -3.54. The van der Waals surface area contributed by atoms with E-state index in [2.05, 4.69) is 0 Å². The van der Waals surface area contributed by atoms with E-state index >= 15 is 0 Å². The van der Waals surface area contributed by atoms with Crippen LogP contribution in [0.15, 0.2) is 60.9 Å². The van der Waals surface area contributed by atoms with Gasteiger partial charge in [-0.1, -0.05) is 12.1 Å². The molecular formula is C22H19FN2O3. The van der Waals surface area contributed by atoms with Crippen LogP contribution in [-0.2, 0) is 0 Å². The van der Waals surface area contributed by atoms with Crippen LogP contribution in [0, 0.1) is 5.82 Å². The average molecular weight is 378 g/mol. The lowest BCUT2D eigenvalue weighted by Gasteiger charge is -2.15. The van der Waals surface area contributed by atoms with Gasteiger partial charge < -0.3 is 18.6 Å². The summed E-state index contributed by atoms with van der Waals surface area (Å²) in [4.78, 5) is 4.77. The first-order chi connectivity index (χ1) is 13.7. The maximum absolute atomic E-state index is 14.4. The maximum Gasteiger partial charge on any atom is 0.203 e. The molecule has 4 aromatic rings. The van der Waals surface area contributed by atoms with Gasteiger partial charge in [0.05, 0.1) is 38.2 Å². The van der Waals surface area contributed by atoms with Crippen LogP contribution in [0.1, 0.15) is 0 Å². The number of rotatable bonds is 5. The molecule has 0 atom stereocenters. The second-order valence-electron chi connectivity index (χ2n) is 6.17. The van der Waals surface area contributed by atoms with Crippen LogP contribution in [0.2, 0.25) is 0 Å². The number of hydrogen-bond donors (Lipinski definition) is 0. The molecule has 0 amide bonds. The third-order valence-corrected chi connectivity index (χ3v) is 4.60. The van der Waals surface area contributed by atoms with Gasteiger partial charge in [-0.15, -0.1) is 0 Å². The fourth-order valence-corrected chi connectivity index (χ4v) is 3.27. The highest BCUT2D eigenvalue weighted by atomic mass is 19.1. The Morgan fingerprint density at radius 3 is 2.25 bits per heavy atom. The third kappa shape index (κ3) is 2.93. The van der Waals surface area contributed by atoms with E-state index < -0.39 is 0 Å². The normalized spacial score (nSPS) is 10.9. The van der Waals surface area contributed by atoms with E-state index in [-0.39, 0.29) is 5.82 Å². The van der Waals surface area contributed by atoms with Crippen LogP contribution in [0.4, 0.5) is 4.39 Å². The Balaban J connectivity index is 1.99. The lowest BCUT2D eigenvalue weighted by Crippen LogP contribution is -1.99. The highest BCUT2D eigenvalue weighted by Gasteiger charge is 2.18. The summed E-state index contributed by atoms with van der Waals surface area (Å²) < 4.78 is 32.6. The Labute approximate surface area is 161 Å². The predicted octanol–water partition coefficient (Wildman–Crippen LogP) is 4.83. The van der Waals surface area contributed by atoms with Gasteiger partial charge in [-0.3, -0.25) is 0 Å². The zero-order valence-corrected chi connectivity index (χ0v) is 15.8. The van der Waals surface area contributed by atoms with E-state index in [1.807, 2.05) is 41.1 Å². The monoisotopic (exact) mass is 378 g/mol. The zero-order valence-electron chi connectivity index (χ0n) is 15.8. The highest BCUT2D eigenvalue weighted by Crippen LogP contribution is 2.42. The lowest BCUT2D eigenvalue weighted by molar-refractivity contribution is 0.324. The molecule has 0 fully saturated rings. The molecule has 0 aliphatic heterocycles. The van der Waals surface area contributed by atoms with E-state index in [1.165, 1.54) is 6.07 Å². The fourth-order valence-electron chi connectivity index (χ4n) is 3.27. The summed E-state index contributed by atoms with van der Waals surface area (Å²) in [6.07, 6.45) is 3.72. The molecule has 142 valence electrons. The molecular weight excluding hydrogens is 359 g/mol. The van der Waals surface area contributed by atoms with Gasteiger partial charge in [-0.2, -0.15) is 0 Å².